The molecule has 1 aliphatic rings. The molecule has 1 atom stereocenters. The highest BCUT2D eigenvalue weighted by Gasteiger charge is 2.20. The fourth-order valence-electron chi connectivity index (χ4n) is 3.61. The van der Waals surface area contributed by atoms with Crippen LogP contribution in [-0.2, 0) is 6.54 Å². The van der Waals surface area contributed by atoms with Crippen LogP contribution in [0.1, 0.15) is 28.8 Å². The lowest BCUT2D eigenvalue weighted by Gasteiger charge is -2.33. The number of carbonyl (C=O) groups excluding carboxylic acids is 1. The second-order valence-corrected chi connectivity index (χ2v) is 8.54. The molecule has 2 aromatic rings. The number of benzene rings is 2. The van der Waals surface area contributed by atoms with Crippen molar-refractivity contribution in [1.82, 2.24) is 15.5 Å². The largest absolute Gasteiger partial charge is 0.490 e. The van der Waals surface area contributed by atoms with Crippen LogP contribution in [0.15, 0.2) is 53.0 Å². The average molecular weight is 476 g/mol. The minimum Gasteiger partial charge on any atom is -0.490 e. The molecule has 1 fully saturated rings. The Kier molecular flexibility index (Phi) is 8.69. The van der Waals surface area contributed by atoms with E-state index in [0.717, 1.165) is 36.9 Å². The van der Waals surface area contributed by atoms with E-state index in [4.69, 9.17) is 4.74 Å². The number of ether oxygens (including phenoxy) is 1. The second-order valence-electron chi connectivity index (χ2n) is 7.63. The molecule has 0 radical (unpaired) electrons. The Labute approximate surface area is 186 Å². The van der Waals surface area contributed by atoms with Gasteiger partial charge in [0.25, 0.3) is 5.91 Å². The number of rotatable bonds is 9. The molecule has 0 bridgehead atoms. The molecule has 1 unspecified atom stereocenters. The van der Waals surface area contributed by atoms with Gasteiger partial charge in [-0.05, 0) is 55.8 Å². The first-order valence-electron chi connectivity index (χ1n) is 10.4. The van der Waals surface area contributed by atoms with Gasteiger partial charge in [0.1, 0.15) is 18.5 Å². The highest BCUT2D eigenvalue weighted by molar-refractivity contribution is 9.10. The van der Waals surface area contributed by atoms with E-state index in [1.54, 1.807) is 25.2 Å². The molecule has 1 aliphatic heterocycles. The SMILES string of the molecule is CNC(=O)c1ccccc1OCC(O)CNC1CCN(Cc2ccc(Br)cc2)CC1. The molecule has 162 valence electrons. The number of carbonyl (C=O) groups is 1. The number of aliphatic hydroxyl groups is 1. The zero-order chi connectivity index (χ0) is 21.3. The molecular weight excluding hydrogens is 446 g/mol. The molecule has 7 heteroatoms. The van der Waals surface area contributed by atoms with Crippen molar-refractivity contribution in [2.24, 2.45) is 0 Å². The Bertz CT molecular complexity index is 808. The van der Waals surface area contributed by atoms with Crippen molar-refractivity contribution in [3.05, 3.63) is 64.1 Å². The normalized spacial score (nSPS) is 16.2. The van der Waals surface area contributed by atoms with E-state index >= 15 is 0 Å². The van der Waals surface area contributed by atoms with Gasteiger partial charge >= 0.3 is 0 Å². The summed E-state index contributed by atoms with van der Waals surface area (Å²) in [6, 6.07) is 15.9. The third kappa shape index (κ3) is 6.80. The van der Waals surface area contributed by atoms with Gasteiger partial charge in [0.05, 0.1) is 5.56 Å². The minimum absolute atomic E-state index is 0.142. The van der Waals surface area contributed by atoms with Crippen LogP contribution in [-0.4, -0.2) is 61.3 Å². The number of hydrogen-bond acceptors (Lipinski definition) is 5. The first-order chi connectivity index (χ1) is 14.5. The van der Waals surface area contributed by atoms with E-state index in [1.807, 2.05) is 6.07 Å². The van der Waals surface area contributed by atoms with Gasteiger partial charge in [0.2, 0.25) is 0 Å². The lowest BCUT2D eigenvalue weighted by molar-refractivity contribution is 0.0913. The number of nitrogens with one attached hydrogen (secondary N) is 2. The molecule has 1 amide bonds. The number of hydrogen-bond donors (Lipinski definition) is 3. The van der Waals surface area contributed by atoms with Crippen molar-refractivity contribution in [1.29, 1.82) is 0 Å². The van der Waals surface area contributed by atoms with Crippen LogP contribution in [0.2, 0.25) is 0 Å². The molecule has 6 nitrogen and oxygen atoms in total. The molecule has 0 spiro atoms. The van der Waals surface area contributed by atoms with Crippen molar-refractivity contribution in [3.63, 3.8) is 0 Å². The standard InChI is InChI=1S/C23H30BrN3O3/c1-25-23(29)21-4-2-3-5-22(21)30-16-20(28)14-26-19-10-12-27(13-11-19)15-17-6-8-18(24)9-7-17/h2-9,19-20,26,28H,10-16H2,1H3,(H,25,29). The topological polar surface area (TPSA) is 73.8 Å². The molecule has 3 N–H and O–H groups in total. The van der Waals surface area contributed by atoms with E-state index in [0.29, 0.717) is 23.9 Å². The third-order valence-electron chi connectivity index (χ3n) is 5.34. The van der Waals surface area contributed by atoms with Gasteiger partial charge in [-0.2, -0.15) is 0 Å². The summed E-state index contributed by atoms with van der Waals surface area (Å²) in [7, 11) is 1.59. The lowest BCUT2D eigenvalue weighted by atomic mass is 10.0. The summed E-state index contributed by atoms with van der Waals surface area (Å²) in [5, 5.41) is 16.3. The maximum atomic E-state index is 11.9. The summed E-state index contributed by atoms with van der Waals surface area (Å²) in [6.45, 7) is 3.67. The number of piperidine rings is 1. The van der Waals surface area contributed by atoms with Crippen LogP contribution in [0.5, 0.6) is 5.75 Å². The summed E-state index contributed by atoms with van der Waals surface area (Å²) in [4.78, 5) is 14.4. The van der Waals surface area contributed by atoms with Gasteiger partial charge in [-0.15, -0.1) is 0 Å². The number of halogens is 1. The van der Waals surface area contributed by atoms with Crippen LogP contribution in [0.25, 0.3) is 0 Å². The minimum atomic E-state index is -0.636. The predicted octanol–water partition coefficient (Wildman–Crippen LogP) is 2.80. The van der Waals surface area contributed by atoms with Crippen molar-refractivity contribution in [2.45, 2.75) is 31.5 Å². The lowest BCUT2D eigenvalue weighted by Crippen LogP contribution is -2.45. The quantitative estimate of drug-likeness (QED) is 0.519. The second kappa shape index (κ2) is 11.5. The van der Waals surface area contributed by atoms with Crippen LogP contribution in [0, 0.1) is 0 Å². The summed E-state index contributed by atoms with van der Waals surface area (Å²) in [5.74, 6) is 0.283. The van der Waals surface area contributed by atoms with E-state index in [-0.39, 0.29) is 12.5 Å². The summed E-state index contributed by atoms with van der Waals surface area (Å²) >= 11 is 3.48. The van der Waals surface area contributed by atoms with Crippen molar-refractivity contribution in [3.8, 4) is 5.75 Å². The van der Waals surface area contributed by atoms with Gasteiger partial charge in [0.15, 0.2) is 0 Å². The van der Waals surface area contributed by atoms with E-state index in [2.05, 4.69) is 55.7 Å². The zero-order valence-corrected chi connectivity index (χ0v) is 18.9. The molecular formula is C23H30BrN3O3. The highest BCUT2D eigenvalue weighted by Crippen LogP contribution is 2.18. The average Bonchev–Trinajstić information content (AvgIpc) is 2.78. The van der Waals surface area contributed by atoms with Crippen molar-refractivity contribution < 1.29 is 14.6 Å². The van der Waals surface area contributed by atoms with Gasteiger partial charge in [-0.1, -0.05) is 40.2 Å². The Morgan fingerprint density at radius 3 is 2.60 bits per heavy atom. The van der Waals surface area contributed by atoms with Gasteiger partial charge in [-0.25, -0.2) is 0 Å². The van der Waals surface area contributed by atoms with Gasteiger partial charge in [0, 0.05) is 30.7 Å². The first kappa shape index (κ1) is 22.7. The molecule has 3 rings (SSSR count). The van der Waals surface area contributed by atoms with Crippen LogP contribution < -0.4 is 15.4 Å². The molecule has 30 heavy (non-hydrogen) atoms. The van der Waals surface area contributed by atoms with Crippen LogP contribution >= 0.6 is 15.9 Å². The van der Waals surface area contributed by atoms with Crippen LogP contribution in [0.4, 0.5) is 0 Å². The highest BCUT2D eigenvalue weighted by atomic mass is 79.9. The maximum Gasteiger partial charge on any atom is 0.254 e. The van der Waals surface area contributed by atoms with E-state index in [1.165, 1.54) is 5.56 Å². The molecule has 0 aromatic heterocycles. The van der Waals surface area contributed by atoms with E-state index in [9.17, 15) is 9.90 Å². The Morgan fingerprint density at radius 1 is 1.20 bits per heavy atom. The smallest absolute Gasteiger partial charge is 0.254 e. The monoisotopic (exact) mass is 475 g/mol. The predicted molar refractivity (Wildman–Crippen MR) is 122 cm³/mol. The molecule has 2 aromatic carbocycles. The fraction of sp³-hybridized carbons (Fsp3) is 0.435. The van der Waals surface area contributed by atoms with Crippen molar-refractivity contribution >= 4 is 21.8 Å². The summed E-state index contributed by atoms with van der Waals surface area (Å²) in [6.07, 6.45) is 1.48. The molecule has 0 aliphatic carbocycles. The number of aliphatic hydroxyl groups excluding tert-OH is 1. The maximum absolute atomic E-state index is 11.9. The van der Waals surface area contributed by atoms with E-state index < -0.39 is 6.10 Å². The molecule has 0 saturated carbocycles. The number of likely N-dealkylation sites (tertiary alicyclic amines) is 1. The molecule has 1 heterocycles. The van der Waals surface area contributed by atoms with Crippen LogP contribution in [0.3, 0.4) is 0 Å². The third-order valence-corrected chi connectivity index (χ3v) is 5.87. The summed E-state index contributed by atoms with van der Waals surface area (Å²) < 4.78 is 6.80. The number of para-hydroxylation sites is 1. The van der Waals surface area contributed by atoms with Gasteiger partial charge < -0.3 is 20.5 Å². The number of amides is 1. The zero-order valence-electron chi connectivity index (χ0n) is 17.3. The Hall–Kier alpha value is -1.93. The van der Waals surface area contributed by atoms with Crippen molar-refractivity contribution in [2.75, 3.05) is 33.3 Å². The molecule has 1 saturated heterocycles. The van der Waals surface area contributed by atoms with Gasteiger partial charge in [-0.3, -0.25) is 9.69 Å². The first-order valence-corrected chi connectivity index (χ1v) is 11.2. The number of nitrogens with zero attached hydrogens (tertiary/aromatic N) is 1. The fourth-order valence-corrected chi connectivity index (χ4v) is 3.87. The Balaban J connectivity index is 1.36. The summed E-state index contributed by atoms with van der Waals surface area (Å²) in [5.41, 5.74) is 1.80. The Morgan fingerprint density at radius 2 is 1.90 bits per heavy atom.